The number of piperidine rings is 1. The van der Waals surface area contributed by atoms with E-state index in [-0.39, 0.29) is 0 Å². The molecule has 0 radical (unpaired) electrons. The van der Waals surface area contributed by atoms with E-state index in [1.807, 2.05) is 0 Å². The first-order chi connectivity index (χ1) is 7.61. The van der Waals surface area contributed by atoms with E-state index < -0.39 is 0 Å². The van der Waals surface area contributed by atoms with Crippen LogP contribution in [0.2, 0.25) is 5.15 Å². The Kier molecular flexibility index (Phi) is 3.98. The smallest absolute Gasteiger partial charge is 0.187 e. The van der Waals surface area contributed by atoms with Crippen LogP contribution in [0, 0.1) is 5.92 Å². The Hall–Kier alpha value is 0.01000. The van der Waals surface area contributed by atoms with E-state index in [4.69, 9.17) is 23.2 Å². The van der Waals surface area contributed by atoms with Crippen molar-refractivity contribution >= 4 is 39.7 Å². The van der Waals surface area contributed by atoms with Crippen LogP contribution in [0.25, 0.3) is 0 Å². The normalized spacial score (nSPS) is 26.1. The highest BCUT2D eigenvalue weighted by atomic mass is 35.5. The Morgan fingerprint density at radius 3 is 2.81 bits per heavy atom. The number of aromatic nitrogens is 1. The molecule has 0 bridgehead atoms. The average Bonchev–Trinajstić information content (AvgIpc) is 2.63. The Bertz CT molecular complexity index is 367. The van der Waals surface area contributed by atoms with Crippen LogP contribution in [0.4, 0.5) is 5.13 Å². The molecule has 1 aliphatic rings. The largest absolute Gasteiger partial charge is 0.345 e. The van der Waals surface area contributed by atoms with Gasteiger partial charge in [-0.15, -0.1) is 11.6 Å². The Morgan fingerprint density at radius 1 is 1.44 bits per heavy atom. The molecule has 2 rings (SSSR count). The summed E-state index contributed by atoms with van der Waals surface area (Å²) in [7, 11) is 0. The molecule has 2 atom stereocenters. The fraction of sp³-hybridized carbons (Fsp3) is 0.727. The molecule has 1 aromatic rings. The van der Waals surface area contributed by atoms with Crippen LogP contribution in [0.5, 0.6) is 0 Å². The van der Waals surface area contributed by atoms with Gasteiger partial charge in [0.1, 0.15) is 5.15 Å². The summed E-state index contributed by atoms with van der Waals surface area (Å²) in [6.07, 6.45) is 2.54. The molecule has 2 unspecified atom stereocenters. The molecule has 1 fully saturated rings. The highest BCUT2D eigenvalue weighted by Crippen LogP contribution is 2.35. The fourth-order valence-corrected chi connectivity index (χ4v) is 3.67. The van der Waals surface area contributed by atoms with E-state index in [2.05, 4.69) is 23.7 Å². The second-order valence-corrected chi connectivity index (χ2v) is 6.22. The van der Waals surface area contributed by atoms with Gasteiger partial charge in [-0.1, -0.05) is 29.9 Å². The molecule has 16 heavy (non-hydrogen) atoms. The third kappa shape index (κ3) is 2.47. The van der Waals surface area contributed by atoms with Crippen molar-refractivity contribution in [1.29, 1.82) is 0 Å². The molecular formula is C11H16Cl2N2S. The molecule has 90 valence electrons. The van der Waals surface area contributed by atoms with Gasteiger partial charge in [0.25, 0.3) is 0 Å². The van der Waals surface area contributed by atoms with E-state index in [1.165, 1.54) is 12.8 Å². The van der Waals surface area contributed by atoms with Crippen LogP contribution < -0.4 is 4.90 Å². The predicted molar refractivity (Wildman–Crippen MR) is 71.9 cm³/mol. The number of halogens is 2. The van der Waals surface area contributed by atoms with Crippen LogP contribution in [-0.4, -0.2) is 17.6 Å². The van der Waals surface area contributed by atoms with E-state index in [1.54, 1.807) is 11.3 Å². The standard InChI is InChI=1S/C11H16Cl2N2S/c1-7-3-4-8(2)15(6-7)11-14-10(13)9(5-12)16-11/h7-8H,3-6H2,1-2H3. The molecule has 0 spiro atoms. The second-order valence-electron chi connectivity index (χ2n) is 4.53. The molecule has 0 aliphatic carbocycles. The fourth-order valence-electron chi connectivity index (χ4n) is 2.08. The molecule has 0 N–H and O–H groups in total. The summed E-state index contributed by atoms with van der Waals surface area (Å²) in [4.78, 5) is 7.75. The minimum atomic E-state index is 0.453. The van der Waals surface area contributed by atoms with E-state index >= 15 is 0 Å². The summed E-state index contributed by atoms with van der Waals surface area (Å²) in [5.41, 5.74) is 0. The number of thiazole rings is 1. The van der Waals surface area contributed by atoms with Gasteiger partial charge >= 0.3 is 0 Å². The van der Waals surface area contributed by atoms with Gasteiger partial charge in [0.2, 0.25) is 0 Å². The zero-order valence-electron chi connectivity index (χ0n) is 9.54. The van der Waals surface area contributed by atoms with Crippen molar-refractivity contribution in [2.45, 2.75) is 38.6 Å². The van der Waals surface area contributed by atoms with E-state index in [0.29, 0.717) is 17.1 Å². The molecule has 1 aliphatic heterocycles. The van der Waals surface area contributed by atoms with Gasteiger partial charge in [0.05, 0.1) is 10.8 Å². The SMILES string of the molecule is CC1CCC(C)N(c2nc(Cl)c(CCl)s2)C1. The summed E-state index contributed by atoms with van der Waals surface area (Å²) in [6.45, 7) is 5.62. The van der Waals surface area contributed by atoms with Crippen LogP contribution in [0.15, 0.2) is 0 Å². The van der Waals surface area contributed by atoms with Gasteiger partial charge in [-0.25, -0.2) is 4.98 Å². The first-order valence-electron chi connectivity index (χ1n) is 5.59. The molecule has 1 aromatic heterocycles. The van der Waals surface area contributed by atoms with Crippen LogP contribution in [0.3, 0.4) is 0 Å². The highest BCUT2D eigenvalue weighted by Gasteiger charge is 2.25. The number of rotatable bonds is 2. The van der Waals surface area contributed by atoms with Crippen molar-refractivity contribution in [3.8, 4) is 0 Å². The summed E-state index contributed by atoms with van der Waals surface area (Å²) < 4.78 is 0. The van der Waals surface area contributed by atoms with Gasteiger partial charge in [0.15, 0.2) is 5.13 Å². The maximum Gasteiger partial charge on any atom is 0.187 e. The van der Waals surface area contributed by atoms with Gasteiger partial charge in [0, 0.05) is 12.6 Å². The third-order valence-electron chi connectivity index (χ3n) is 3.12. The lowest BCUT2D eigenvalue weighted by atomic mass is 9.96. The molecule has 0 aromatic carbocycles. The Morgan fingerprint density at radius 2 is 2.19 bits per heavy atom. The highest BCUT2D eigenvalue weighted by molar-refractivity contribution is 7.16. The molecule has 0 amide bonds. The first-order valence-corrected chi connectivity index (χ1v) is 7.32. The van der Waals surface area contributed by atoms with Crippen molar-refractivity contribution in [3.63, 3.8) is 0 Å². The van der Waals surface area contributed by atoms with Crippen molar-refractivity contribution in [3.05, 3.63) is 10.0 Å². The lowest BCUT2D eigenvalue weighted by molar-refractivity contribution is 0.390. The minimum absolute atomic E-state index is 0.453. The second kappa shape index (κ2) is 5.11. The van der Waals surface area contributed by atoms with Gasteiger partial charge in [-0.3, -0.25) is 0 Å². The summed E-state index contributed by atoms with van der Waals surface area (Å²) >= 11 is 13.5. The first kappa shape index (κ1) is 12.5. The van der Waals surface area contributed by atoms with Gasteiger partial charge < -0.3 is 4.90 Å². The number of hydrogen-bond donors (Lipinski definition) is 0. The zero-order valence-corrected chi connectivity index (χ0v) is 11.9. The number of anilines is 1. The van der Waals surface area contributed by atoms with Crippen molar-refractivity contribution in [2.24, 2.45) is 5.92 Å². The molecule has 1 saturated heterocycles. The van der Waals surface area contributed by atoms with E-state index in [0.717, 1.165) is 22.5 Å². The van der Waals surface area contributed by atoms with Gasteiger partial charge in [-0.2, -0.15) is 0 Å². The van der Waals surface area contributed by atoms with Crippen LogP contribution >= 0.6 is 34.5 Å². The zero-order chi connectivity index (χ0) is 11.7. The molecule has 0 saturated carbocycles. The lowest BCUT2D eigenvalue weighted by Gasteiger charge is -2.36. The summed E-state index contributed by atoms with van der Waals surface area (Å²) in [5.74, 6) is 1.19. The van der Waals surface area contributed by atoms with Crippen molar-refractivity contribution < 1.29 is 0 Å². The quantitative estimate of drug-likeness (QED) is 0.756. The average molecular weight is 279 g/mol. The molecule has 5 heteroatoms. The maximum absolute atomic E-state index is 6.04. The minimum Gasteiger partial charge on any atom is -0.345 e. The topological polar surface area (TPSA) is 16.1 Å². The monoisotopic (exact) mass is 278 g/mol. The number of nitrogens with zero attached hydrogens (tertiary/aromatic N) is 2. The van der Waals surface area contributed by atoms with Crippen LogP contribution in [0.1, 0.15) is 31.6 Å². The lowest BCUT2D eigenvalue weighted by Crippen LogP contribution is -2.41. The van der Waals surface area contributed by atoms with Crippen LogP contribution in [-0.2, 0) is 5.88 Å². The van der Waals surface area contributed by atoms with Crippen molar-refractivity contribution in [2.75, 3.05) is 11.4 Å². The number of hydrogen-bond acceptors (Lipinski definition) is 3. The third-order valence-corrected chi connectivity index (χ3v) is 5.07. The van der Waals surface area contributed by atoms with E-state index in [9.17, 15) is 0 Å². The number of alkyl halides is 1. The summed E-state index contributed by atoms with van der Waals surface area (Å²) in [5, 5.41) is 1.60. The maximum atomic E-state index is 6.04. The van der Waals surface area contributed by atoms with Gasteiger partial charge in [-0.05, 0) is 25.7 Å². The summed E-state index contributed by atoms with van der Waals surface area (Å²) in [6, 6.07) is 0.557. The predicted octanol–water partition coefficient (Wildman–Crippen LogP) is 4.16. The molecule has 2 heterocycles. The Balaban J connectivity index is 2.21. The molecule has 2 nitrogen and oxygen atoms in total. The molecular weight excluding hydrogens is 263 g/mol. The van der Waals surface area contributed by atoms with Crippen molar-refractivity contribution in [1.82, 2.24) is 4.98 Å². The Labute approximate surface area is 111 Å².